The van der Waals surface area contributed by atoms with Crippen molar-refractivity contribution in [2.75, 3.05) is 13.2 Å². The third kappa shape index (κ3) is 3.61. The highest BCUT2D eigenvalue weighted by atomic mass is 16.3. The summed E-state index contributed by atoms with van der Waals surface area (Å²) < 4.78 is 1.63. The summed E-state index contributed by atoms with van der Waals surface area (Å²) >= 11 is 0. The predicted molar refractivity (Wildman–Crippen MR) is 76.4 cm³/mol. The molecule has 0 radical (unpaired) electrons. The summed E-state index contributed by atoms with van der Waals surface area (Å²) in [4.78, 5) is 0. The average molecular weight is 275 g/mol. The molecular formula is C14H21N5O. The molecule has 0 aliphatic heterocycles. The summed E-state index contributed by atoms with van der Waals surface area (Å²) in [6.07, 6.45) is 1.58. The van der Waals surface area contributed by atoms with E-state index in [1.807, 2.05) is 26.0 Å². The van der Waals surface area contributed by atoms with E-state index in [1.165, 1.54) is 0 Å². The Morgan fingerprint density at radius 3 is 2.85 bits per heavy atom. The normalized spacial score (nSPS) is 13.4. The molecule has 2 aromatic rings. The van der Waals surface area contributed by atoms with Crippen molar-refractivity contribution in [1.82, 2.24) is 25.5 Å². The topological polar surface area (TPSA) is 75.9 Å². The highest BCUT2D eigenvalue weighted by Crippen LogP contribution is 2.18. The molecule has 1 unspecified atom stereocenters. The Kier molecular flexibility index (Phi) is 4.46. The molecule has 0 saturated heterocycles. The molecule has 1 atom stereocenters. The summed E-state index contributed by atoms with van der Waals surface area (Å²) in [6, 6.07) is 8.26. The van der Waals surface area contributed by atoms with Crippen LogP contribution in [0.3, 0.4) is 0 Å². The molecule has 108 valence electrons. The van der Waals surface area contributed by atoms with E-state index in [1.54, 1.807) is 11.0 Å². The second kappa shape index (κ2) is 6.11. The van der Waals surface area contributed by atoms with Gasteiger partial charge < -0.3 is 10.4 Å². The van der Waals surface area contributed by atoms with E-state index in [4.69, 9.17) is 0 Å². The zero-order valence-corrected chi connectivity index (χ0v) is 12.1. The number of aromatic nitrogens is 4. The minimum absolute atomic E-state index is 0.123. The van der Waals surface area contributed by atoms with Crippen LogP contribution in [-0.4, -0.2) is 38.5 Å². The van der Waals surface area contributed by atoms with Crippen molar-refractivity contribution >= 4 is 0 Å². The zero-order valence-electron chi connectivity index (χ0n) is 12.1. The third-order valence-electron chi connectivity index (χ3n) is 3.30. The first-order chi connectivity index (χ1) is 9.52. The van der Waals surface area contributed by atoms with Crippen LogP contribution >= 0.6 is 0 Å². The first-order valence-electron chi connectivity index (χ1n) is 6.69. The van der Waals surface area contributed by atoms with Gasteiger partial charge in [0.2, 0.25) is 0 Å². The minimum Gasteiger partial charge on any atom is -0.396 e. The van der Waals surface area contributed by atoms with Crippen LogP contribution in [0.1, 0.15) is 32.4 Å². The van der Waals surface area contributed by atoms with Gasteiger partial charge in [-0.25, -0.2) is 4.68 Å². The Morgan fingerprint density at radius 1 is 1.40 bits per heavy atom. The molecule has 20 heavy (non-hydrogen) atoms. The van der Waals surface area contributed by atoms with E-state index in [2.05, 4.69) is 39.9 Å². The smallest absolute Gasteiger partial charge is 0.143 e. The number of hydrogen-bond donors (Lipinski definition) is 2. The van der Waals surface area contributed by atoms with E-state index < -0.39 is 0 Å². The molecule has 2 N–H and O–H groups in total. The van der Waals surface area contributed by atoms with Gasteiger partial charge in [0.1, 0.15) is 6.33 Å². The maximum Gasteiger partial charge on any atom is 0.143 e. The van der Waals surface area contributed by atoms with Crippen LogP contribution in [0.5, 0.6) is 0 Å². The van der Waals surface area contributed by atoms with Crippen molar-refractivity contribution in [3.8, 4) is 5.69 Å². The van der Waals surface area contributed by atoms with Crippen molar-refractivity contribution in [2.45, 2.75) is 26.8 Å². The second-order valence-electron chi connectivity index (χ2n) is 5.77. The van der Waals surface area contributed by atoms with Crippen LogP contribution in [0.15, 0.2) is 30.6 Å². The number of nitrogens with zero attached hydrogens (tertiary/aromatic N) is 4. The van der Waals surface area contributed by atoms with E-state index in [0.29, 0.717) is 0 Å². The Morgan fingerprint density at radius 2 is 2.20 bits per heavy atom. The van der Waals surface area contributed by atoms with Gasteiger partial charge in [-0.3, -0.25) is 0 Å². The van der Waals surface area contributed by atoms with E-state index >= 15 is 0 Å². The fourth-order valence-corrected chi connectivity index (χ4v) is 1.82. The fraction of sp³-hybridized carbons (Fsp3) is 0.500. The summed E-state index contributed by atoms with van der Waals surface area (Å²) in [7, 11) is 0. The van der Waals surface area contributed by atoms with Crippen LogP contribution in [-0.2, 0) is 0 Å². The summed E-state index contributed by atoms with van der Waals surface area (Å²) in [5.41, 5.74) is 1.97. The van der Waals surface area contributed by atoms with Gasteiger partial charge in [-0.1, -0.05) is 26.0 Å². The molecule has 1 heterocycles. The molecule has 2 rings (SSSR count). The fourth-order valence-electron chi connectivity index (χ4n) is 1.82. The molecule has 6 heteroatoms. The molecule has 0 saturated carbocycles. The van der Waals surface area contributed by atoms with Crippen LogP contribution < -0.4 is 5.32 Å². The number of tetrazole rings is 1. The molecule has 1 aromatic heterocycles. The molecule has 0 aliphatic carbocycles. The predicted octanol–water partition coefficient (Wildman–Crippen LogP) is 1.33. The number of aliphatic hydroxyl groups excluding tert-OH is 1. The zero-order chi connectivity index (χ0) is 14.6. The third-order valence-corrected chi connectivity index (χ3v) is 3.30. The number of aliphatic hydroxyl groups is 1. The highest BCUT2D eigenvalue weighted by Gasteiger charge is 2.17. The number of benzene rings is 1. The molecule has 0 spiro atoms. The van der Waals surface area contributed by atoms with Gasteiger partial charge in [0.15, 0.2) is 0 Å². The molecule has 0 aliphatic rings. The molecule has 0 bridgehead atoms. The van der Waals surface area contributed by atoms with Crippen molar-refractivity contribution in [3.63, 3.8) is 0 Å². The maximum atomic E-state index is 9.28. The standard InChI is InChI=1S/C14H21N5O/c1-11(15-8-14(2,3)9-20)12-5-4-6-13(7-12)19-10-16-17-18-19/h4-7,10-11,15,20H,8-9H2,1-3H3. The van der Waals surface area contributed by atoms with Gasteiger partial charge in [-0.05, 0) is 35.0 Å². The van der Waals surface area contributed by atoms with Gasteiger partial charge in [0.05, 0.1) is 5.69 Å². The van der Waals surface area contributed by atoms with Gasteiger partial charge >= 0.3 is 0 Å². The molecule has 0 amide bonds. The molecule has 0 fully saturated rings. The molecular weight excluding hydrogens is 254 g/mol. The van der Waals surface area contributed by atoms with E-state index in [-0.39, 0.29) is 18.1 Å². The summed E-state index contributed by atoms with van der Waals surface area (Å²) in [6.45, 7) is 7.08. The first kappa shape index (κ1) is 14.6. The van der Waals surface area contributed by atoms with Gasteiger partial charge in [0.25, 0.3) is 0 Å². The SMILES string of the molecule is CC(NCC(C)(C)CO)c1cccc(-n2cnnn2)c1. The van der Waals surface area contributed by atoms with Crippen molar-refractivity contribution in [2.24, 2.45) is 5.41 Å². The minimum atomic E-state index is -0.123. The van der Waals surface area contributed by atoms with Gasteiger partial charge in [-0.2, -0.15) is 0 Å². The van der Waals surface area contributed by atoms with Crippen molar-refractivity contribution in [1.29, 1.82) is 0 Å². The second-order valence-corrected chi connectivity index (χ2v) is 5.77. The Hall–Kier alpha value is -1.79. The van der Waals surface area contributed by atoms with Crippen LogP contribution in [0.2, 0.25) is 0 Å². The van der Waals surface area contributed by atoms with Crippen LogP contribution in [0.4, 0.5) is 0 Å². The lowest BCUT2D eigenvalue weighted by Crippen LogP contribution is -2.33. The Labute approximate surface area is 118 Å². The lowest BCUT2D eigenvalue weighted by Gasteiger charge is -2.25. The average Bonchev–Trinajstić information content (AvgIpc) is 2.99. The maximum absolute atomic E-state index is 9.28. The highest BCUT2D eigenvalue weighted by molar-refractivity contribution is 5.35. The number of rotatable bonds is 6. The lowest BCUT2D eigenvalue weighted by molar-refractivity contribution is 0.154. The quantitative estimate of drug-likeness (QED) is 0.832. The van der Waals surface area contributed by atoms with E-state index in [9.17, 15) is 5.11 Å². The Bertz CT molecular complexity index is 538. The van der Waals surface area contributed by atoms with Crippen molar-refractivity contribution < 1.29 is 5.11 Å². The summed E-state index contributed by atoms with van der Waals surface area (Å²) in [5.74, 6) is 0. The number of nitrogens with one attached hydrogen (secondary N) is 1. The number of hydrogen-bond acceptors (Lipinski definition) is 5. The molecule has 1 aromatic carbocycles. The van der Waals surface area contributed by atoms with Gasteiger partial charge in [0, 0.05) is 24.6 Å². The van der Waals surface area contributed by atoms with Gasteiger partial charge in [-0.15, -0.1) is 5.10 Å². The van der Waals surface area contributed by atoms with Crippen molar-refractivity contribution in [3.05, 3.63) is 36.2 Å². The van der Waals surface area contributed by atoms with Crippen LogP contribution in [0.25, 0.3) is 5.69 Å². The lowest BCUT2D eigenvalue weighted by atomic mass is 9.94. The van der Waals surface area contributed by atoms with E-state index in [0.717, 1.165) is 17.8 Å². The summed E-state index contributed by atoms with van der Waals surface area (Å²) in [5, 5.41) is 23.9. The Balaban J connectivity index is 2.07. The van der Waals surface area contributed by atoms with Crippen LogP contribution in [0, 0.1) is 5.41 Å². The monoisotopic (exact) mass is 275 g/mol. The first-order valence-corrected chi connectivity index (χ1v) is 6.69. The largest absolute Gasteiger partial charge is 0.396 e. The molecule has 6 nitrogen and oxygen atoms in total.